The normalized spacial score (nSPS) is 12.7. The van der Waals surface area contributed by atoms with Gasteiger partial charge in [-0.2, -0.15) is 0 Å². The summed E-state index contributed by atoms with van der Waals surface area (Å²) in [5.74, 6) is -0.542. The van der Waals surface area contributed by atoms with Crippen LogP contribution in [0.1, 0.15) is 27.8 Å². The monoisotopic (exact) mass is 277 g/mol. The van der Waals surface area contributed by atoms with E-state index in [0.29, 0.717) is 18.5 Å². The highest BCUT2D eigenvalue weighted by Gasteiger charge is 2.21. The van der Waals surface area contributed by atoms with Crippen molar-refractivity contribution in [3.8, 4) is 0 Å². The van der Waals surface area contributed by atoms with E-state index in [-0.39, 0.29) is 0 Å². The molecular formula is C18H15NO2. The highest BCUT2D eigenvalue weighted by Crippen LogP contribution is 2.22. The van der Waals surface area contributed by atoms with E-state index in [1.54, 1.807) is 0 Å². The number of rotatable bonds is 4. The van der Waals surface area contributed by atoms with Gasteiger partial charge in [0, 0.05) is 5.56 Å². The van der Waals surface area contributed by atoms with Crippen LogP contribution in [-0.4, -0.2) is 17.8 Å². The van der Waals surface area contributed by atoms with E-state index in [0.717, 1.165) is 17.5 Å². The average Bonchev–Trinajstić information content (AvgIpc) is 2.92. The molecule has 1 aliphatic rings. The minimum atomic E-state index is -0.542. The van der Waals surface area contributed by atoms with Crippen LogP contribution in [0.15, 0.2) is 47.5 Å². The summed E-state index contributed by atoms with van der Waals surface area (Å²) in [6, 6.07) is 14.4. The van der Waals surface area contributed by atoms with Crippen molar-refractivity contribution in [2.45, 2.75) is 19.9 Å². The SMILES string of the molecule is Cc1ccc(Cc2ccc3c(c2)CN=C3C(=O)C=O)cc1. The van der Waals surface area contributed by atoms with Gasteiger partial charge in [0.25, 0.3) is 0 Å². The number of carbonyl (C=O) groups excluding carboxylic acids is 2. The number of aldehydes is 1. The summed E-state index contributed by atoms with van der Waals surface area (Å²) in [6.45, 7) is 2.55. The third-order valence-electron chi connectivity index (χ3n) is 3.70. The Morgan fingerprint density at radius 1 is 1.14 bits per heavy atom. The fraction of sp³-hybridized carbons (Fsp3) is 0.167. The van der Waals surface area contributed by atoms with Crippen LogP contribution in [-0.2, 0) is 22.6 Å². The number of nitrogens with zero attached hydrogens (tertiary/aromatic N) is 1. The molecule has 1 aliphatic heterocycles. The predicted molar refractivity (Wildman–Crippen MR) is 81.7 cm³/mol. The molecule has 0 amide bonds. The zero-order chi connectivity index (χ0) is 14.8. The lowest BCUT2D eigenvalue weighted by Gasteiger charge is -2.06. The fourth-order valence-corrected chi connectivity index (χ4v) is 2.58. The number of Topliss-reactive ketones (excluding diaryl/α,β-unsaturated/α-hetero) is 1. The Balaban J connectivity index is 1.84. The molecule has 0 bridgehead atoms. The van der Waals surface area contributed by atoms with Gasteiger partial charge in [-0.15, -0.1) is 0 Å². The highest BCUT2D eigenvalue weighted by molar-refractivity contribution is 6.63. The van der Waals surface area contributed by atoms with Crippen LogP contribution < -0.4 is 0 Å². The van der Waals surface area contributed by atoms with E-state index in [2.05, 4.69) is 42.2 Å². The Morgan fingerprint density at radius 3 is 2.57 bits per heavy atom. The minimum absolute atomic E-state index is 0.293. The number of benzene rings is 2. The number of aryl methyl sites for hydroxylation is 1. The smallest absolute Gasteiger partial charge is 0.243 e. The molecule has 0 spiro atoms. The molecule has 104 valence electrons. The molecule has 3 rings (SSSR count). The third kappa shape index (κ3) is 2.68. The summed E-state index contributed by atoms with van der Waals surface area (Å²) in [7, 11) is 0. The molecule has 2 aromatic rings. The van der Waals surface area contributed by atoms with Crippen LogP contribution in [0, 0.1) is 6.92 Å². The van der Waals surface area contributed by atoms with Gasteiger partial charge in [0.2, 0.25) is 5.78 Å². The standard InChI is InChI=1S/C18H15NO2/c1-12-2-4-13(5-3-12)8-14-6-7-16-15(9-14)10-19-18(16)17(21)11-20/h2-7,9,11H,8,10H2,1H3. The molecule has 0 aromatic heterocycles. The van der Waals surface area contributed by atoms with Crippen molar-refractivity contribution in [3.05, 3.63) is 70.3 Å². The Morgan fingerprint density at radius 2 is 1.86 bits per heavy atom. The first kappa shape index (κ1) is 13.4. The minimum Gasteiger partial charge on any atom is -0.294 e. The zero-order valence-corrected chi connectivity index (χ0v) is 11.8. The molecule has 3 nitrogen and oxygen atoms in total. The molecule has 21 heavy (non-hydrogen) atoms. The van der Waals surface area contributed by atoms with Crippen LogP contribution in [0.3, 0.4) is 0 Å². The van der Waals surface area contributed by atoms with Gasteiger partial charge in [0.05, 0.1) is 6.54 Å². The van der Waals surface area contributed by atoms with E-state index >= 15 is 0 Å². The molecule has 0 aliphatic carbocycles. The van der Waals surface area contributed by atoms with Crippen molar-refractivity contribution in [2.24, 2.45) is 4.99 Å². The van der Waals surface area contributed by atoms with Crippen LogP contribution in [0.25, 0.3) is 0 Å². The first-order valence-corrected chi connectivity index (χ1v) is 6.89. The maximum atomic E-state index is 11.5. The second kappa shape index (κ2) is 5.44. The fourth-order valence-electron chi connectivity index (χ4n) is 2.58. The van der Waals surface area contributed by atoms with Gasteiger partial charge >= 0.3 is 0 Å². The molecular weight excluding hydrogens is 262 g/mol. The molecule has 2 aromatic carbocycles. The third-order valence-corrected chi connectivity index (χ3v) is 3.70. The van der Waals surface area contributed by atoms with Gasteiger partial charge in [-0.05, 0) is 30.0 Å². The van der Waals surface area contributed by atoms with Crippen molar-refractivity contribution in [2.75, 3.05) is 0 Å². The topological polar surface area (TPSA) is 46.5 Å². The van der Waals surface area contributed by atoms with Crippen molar-refractivity contribution >= 4 is 17.8 Å². The lowest BCUT2D eigenvalue weighted by Crippen LogP contribution is -2.14. The molecule has 0 N–H and O–H groups in total. The maximum Gasteiger partial charge on any atom is 0.243 e. The van der Waals surface area contributed by atoms with Crippen LogP contribution >= 0.6 is 0 Å². The Labute approximate surface area is 123 Å². The quantitative estimate of drug-likeness (QED) is 0.637. The predicted octanol–water partition coefficient (Wildman–Crippen LogP) is 2.66. The number of fused-ring (bicyclic) bond motifs is 1. The zero-order valence-electron chi connectivity index (χ0n) is 11.8. The molecule has 0 saturated carbocycles. The summed E-state index contributed by atoms with van der Waals surface area (Å²) in [5.41, 5.74) is 5.79. The first-order chi connectivity index (χ1) is 10.2. The number of hydrogen-bond acceptors (Lipinski definition) is 3. The van der Waals surface area contributed by atoms with Crippen LogP contribution in [0.5, 0.6) is 0 Å². The number of carbonyl (C=O) groups is 2. The Kier molecular flexibility index (Phi) is 3.48. The Bertz CT molecular complexity index is 742. The van der Waals surface area contributed by atoms with Crippen molar-refractivity contribution < 1.29 is 9.59 Å². The number of aliphatic imine (C=N–C) groups is 1. The average molecular weight is 277 g/mol. The van der Waals surface area contributed by atoms with Gasteiger partial charge < -0.3 is 0 Å². The van der Waals surface area contributed by atoms with Gasteiger partial charge in [-0.25, -0.2) is 0 Å². The summed E-state index contributed by atoms with van der Waals surface area (Å²) in [5, 5.41) is 0. The van der Waals surface area contributed by atoms with Crippen molar-refractivity contribution in [1.82, 2.24) is 0 Å². The molecule has 0 fully saturated rings. The van der Waals surface area contributed by atoms with E-state index < -0.39 is 5.78 Å². The molecule has 0 saturated heterocycles. The lowest BCUT2D eigenvalue weighted by molar-refractivity contribution is -0.125. The van der Waals surface area contributed by atoms with Gasteiger partial charge in [0.15, 0.2) is 6.29 Å². The second-order valence-corrected chi connectivity index (χ2v) is 5.30. The van der Waals surface area contributed by atoms with Crippen molar-refractivity contribution in [1.29, 1.82) is 0 Å². The maximum absolute atomic E-state index is 11.5. The number of ketones is 1. The summed E-state index contributed by atoms with van der Waals surface area (Å²) in [6.07, 6.45) is 1.18. The Hall–Kier alpha value is -2.55. The van der Waals surface area contributed by atoms with Crippen LogP contribution in [0.2, 0.25) is 0 Å². The van der Waals surface area contributed by atoms with Gasteiger partial charge in [-0.3, -0.25) is 14.6 Å². The van der Waals surface area contributed by atoms with Crippen LogP contribution in [0.4, 0.5) is 0 Å². The van der Waals surface area contributed by atoms with E-state index in [4.69, 9.17) is 0 Å². The second-order valence-electron chi connectivity index (χ2n) is 5.30. The summed E-state index contributed by atoms with van der Waals surface area (Å²) in [4.78, 5) is 26.3. The summed E-state index contributed by atoms with van der Waals surface area (Å²) >= 11 is 0. The molecule has 1 heterocycles. The van der Waals surface area contributed by atoms with E-state index in [1.807, 2.05) is 12.1 Å². The molecule has 0 radical (unpaired) electrons. The molecule has 0 atom stereocenters. The highest BCUT2D eigenvalue weighted by atomic mass is 16.2. The summed E-state index contributed by atoms with van der Waals surface area (Å²) < 4.78 is 0. The number of hydrogen-bond donors (Lipinski definition) is 0. The van der Waals surface area contributed by atoms with Gasteiger partial charge in [0.1, 0.15) is 5.71 Å². The van der Waals surface area contributed by atoms with E-state index in [9.17, 15) is 9.59 Å². The van der Waals surface area contributed by atoms with Crippen molar-refractivity contribution in [3.63, 3.8) is 0 Å². The molecule has 3 heteroatoms. The van der Waals surface area contributed by atoms with E-state index in [1.165, 1.54) is 16.7 Å². The lowest BCUT2D eigenvalue weighted by atomic mass is 9.97. The van der Waals surface area contributed by atoms with Gasteiger partial charge in [-0.1, -0.05) is 48.0 Å². The first-order valence-electron chi connectivity index (χ1n) is 6.89. The molecule has 0 unspecified atom stereocenters. The largest absolute Gasteiger partial charge is 0.294 e.